The molecule has 0 bridgehead atoms. The maximum Gasteiger partial charge on any atom is 0.250 e. The Morgan fingerprint density at radius 1 is 1.26 bits per heavy atom. The van der Waals surface area contributed by atoms with Gasteiger partial charge in [-0.1, -0.05) is 0 Å². The van der Waals surface area contributed by atoms with E-state index >= 15 is 0 Å². The van der Waals surface area contributed by atoms with E-state index in [2.05, 4.69) is 10.6 Å². The van der Waals surface area contributed by atoms with Gasteiger partial charge in [0.25, 0.3) is 5.91 Å². The molecule has 4 nitrogen and oxygen atoms in total. The van der Waals surface area contributed by atoms with Gasteiger partial charge in [0.15, 0.2) is 0 Å². The van der Waals surface area contributed by atoms with Crippen LogP contribution in [0.5, 0.6) is 0 Å². The molecule has 104 valence electrons. The maximum atomic E-state index is 13.1. The number of halogens is 1. The first-order valence-corrected chi connectivity index (χ1v) is 6.63. The van der Waals surface area contributed by atoms with Crippen molar-refractivity contribution in [2.45, 2.75) is 37.8 Å². The van der Waals surface area contributed by atoms with Crippen LogP contribution in [-0.2, 0) is 0 Å². The van der Waals surface area contributed by atoms with E-state index < -0.39 is 11.7 Å². The van der Waals surface area contributed by atoms with Gasteiger partial charge in [0.2, 0.25) is 0 Å². The lowest BCUT2D eigenvalue weighted by Crippen LogP contribution is -2.35. The first kappa shape index (κ1) is 13.8. The zero-order chi connectivity index (χ0) is 13.8. The van der Waals surface area contributed by atoms with E-state index in [1.807, 2.05) is 7.05 Å². The van der Waals surface area contributed by atoms with E-state index in [4.69, 9.17) is 5.73 Å². The van der Waals surface area contributed by atoms with Crippen LogP contribution in [0.2, 0.25) is 0 Å². The lowest BCUT2D eigenvalue weighted by atomic mass is 9.91. The minimum atomic E-state index is -0.606. The summed E-state index contributed by atoms with van der Waals surface area (Å²) in [4.78, 5) is 11.3. The molecule has 1 aromatic carbocycles. The molecule has 1 aromatic rings. The number of primary amides is 1. The highest BCUT2D eigenvalue weighted by Crippen LogP contribution is 2.24. The van der Waals surface area contributed by atoms with Crippen molar-refractivity contribution in [3.8, 4) is 0 Å². The number of nitrogens with two attached hydrogens (primary N) is 1. The summed E-state index contributed by atoms with van der Waals surface area (Å²) in [7, 11) is 1.98. The quantitative estimate of drug-likeness (QED) is 0.778. The van der Waals surface area contributed by atoms with Gasteiger partial charge in [0.1, 0.15) is 5.82 Å². The summed E-state index contributed by atoms with van der Waals surface area (Å²) in [6, 6.07) is 4.99. The van der Waals surface area contributed by atoms with Crippen LogP contribution in [0.25, 0.3) is 0 Å². The van der Waals surface area contributed by atoms with Crippen LogP contribution >= 0.6 is 0 Å². The standard InChI is InChI=1S/C14H20FN3O/c1-17-10-3-5-11(6-4-10)18-13-7-2-9(15)8-12(13)14(16)19/h2,7-8,10-11,17-18H,3-6H2,1H3,(H2,16,19). The second-order valence-electron chi connectivity index (χ2n) is 5.04. The monoisotopic (exact) mass is 265 g/mol. The molecule has 19 heavy (non-hydrogen) atoms. The Bertz CT molecular complexity index is 456. The fraction of sp³-hybridized carbons (Fsp3) is 0.500. The zero-order valence-corrected chi connectivity index (χ0v) is 11.1. The molecule has 0 atom stereocenters. The molecule has 0 radical (unpaired) electrons. The van der Waals surface area contributed by atoms with Gasteiger partial charge >= 0.3 is 0 Å². The summed E-state index contributed by atoms with van der Waals surface area (Å²) in [5, 5.41) is 6.58. The van der Waals surface area contributed by atoms with Crippen LogP contribution in [0, 0.1) is 5.82 Å². The Morgan fingerprint density at radius 3 is 2.47 bits per heavy atom. The van der Waals surface area contributed by atoms with Crippen LogP contribution in [-0.4, -0.2) is 25.0 Å². The highest BCUT2D eigenvalue weighted by atomic mass is 19.1. The predicted molar refractivity (Wildman–Crippen MR) is 73.6 cm³/mol. The van der Waals surface area contributed by atoms with Gasteiger partial charge in [-0.05, 0) is 50.9 Å². The Labute approximate surface area is 112 Å². The molecule has 4 N–H and O–H groups in total. The summed E-state index contributed by atoms with van der Waals surface area (Å²) in [6.45, 7) is 0. The molecule has 1 aliphatic rings. The van der Waals surface area contributed by atoms with Gasteiger partial charge in [-0.15, -0.1) is 0 Å². The van der Waals surface area contributed by atoms with Crippen LogP contribution in [0.15, 0.2) is 18.2 Å². The summed E-state index contributed by atoms with van der Waals surface area (Å²) in [6.07, 6.45) is 4.25. The van der Waals surface area contributed by atoms with Crippen molar-refractivity contribution in [1.29, 1.82) is 0 Å². The summed E-state index contributed by atoms with van der Waals surface area (Å²) in [5.41, 5.74) is 6.12. The van der Waals surface area contributed by atoms with Crippen molar-refractivity contribution in [2.24, 2.45) is 5.73 Å². The summed E-state index contributed by atoms with van der Waals surface area (Å²) >= 11 is 0. The second kappa shape index (κ2) is 6.02. The van der Waals surface area contributed by atoms with Crippen LogP contribution in [0.1, 0.15) is 36.0 Å². The Kier molecular flexibility index (Phi) is 4.37. The highest BCUT2D eigenvalue weighted by Gasteiger charge is 2.21. The normalized spacial score (nSPS) is 23.1. The number of rotatable bonds is 4. The molecule has 2 rings (SSSR count). The minimum absolute atomic E-state index is 0.218. The summed E-state index contributed by atoms with van der Waals surface area (Å²) < 4.78 is 13.1. The van der Waals surface area contributed by atoms with Crippen molar-refractivity contribution in [3.63, 3.8) is 0 Å². The number of anilines is 1. The second-order valence-corrected chi connectivity index (χ2v) is 5.04. The van der Waals surface area contributed by atoms with Gasteiger partial charge in [0, 0.05) is 17.8 Å². The average Bonchev–Trinajstić information content (AvgIpc) is 2.41. The predicted octanol–water partition coefficient (Wildman–Crippen LogP) is 1.87. The zero-order valence-electron chi connectivity index (χ0n) is 11.1. The van der Waals surface area contributed by atoms with E-state index in [0.717, 1.165) is 25.7 Å². The number of hydrogen-bond donors (Lipinski definition) is 3. The molecule has 0 heterocycles. The molecule has 0 aliphatic heterocycles. The number of benzene rings is 1. The molecule has 0 spiro atoms. The van der Waals surface area contributed by atoms with Crippen LogP contribution < -0.4 is 16.4 Å². The van der Waals surface area contributed by atoms with Crippen LogP contribution in [0.3, 0.4) is 0 Å². The van der Waals surface area contributed by atoms with Gasteiger partial charge in [-0.2, -0.15) is 0 Å². The molecular weight excluding hydrogens is 245 g/mol. The van der Waals surface area contributed by atoms with E-state index in [1.54, 1.807) is 6.07 Å². The van der Waals surface area contributed by atoms with Crippen LogP contribution in [0.4, 0.5) is 10.1 Å². The van der Waals surface area contributed by atoms with Gasteiger partial charge in [-0.25, -0.2) is 4.39 Å². The highest BCUT2D eigenvalue weighted by molar-refractivity contribution is 5.98. The fourth-order valence-corrected chi connectivity index (χ4v) is 2.59. The number of carbonyl (C=O) groups excluding carboxylic acids is 1. The lowest BCUT2D eigenvalue weighted by molar-refractivity contribution is 0.100. The lowest BCUT2D eigenvalue weighted by Gasteiger charge is -2.30. The SMILES string of the molecule is CNC1CCC(Nc2ccc(F)cc2C(N)=O)CC1. The smallest absolute Gasteiger partial charge is 0.250 e. The first-order chi connectivity index (χ1) is 9.10. The third-order valence-corrected chi connectivity index (χ3v) is 3.74. The third-order valence-electron chi connectivity index (χ3n) is 3.74. The first-order valence-electron chi connectivity index (χ1n) is 6.63. The number of nitrogens with one attached hydrogen (secondary N) is 2. The van der Waals surface area contributed by atoms with Crippen molar-refractivity contribution in [2.75, 3.05) is 12.4 Å². The molecule has 0 aromatic heterocycles. The van der Waals surface area contributed by atoms with Crippen molar-refractivity contribution in [1.82, 2.24) is 5.32 Å². The summed E-state index contributed by atoms with van der Waals surface area (Å²) in [5.74, 6) is -1.05. The Balaban J connectivity index is 2.05. The van der Waals surface area contributed by atoms with Gasteiger partial charge in [-0.3, -0.25) is 4.79 Å². The van der Waals surface area contributed by atoms with E-state index in [-0.39, 0.29) is 5.56 Å². The van der Waals surface area contributed by atoms with E-state index in [0.29, 0.717) is 17.8 Å². The fourth-order valence-electron chi connectivity index (χ4n) is 2.59. The maximum absolute atomic E-state index is 13.1. The average molecular weight is 265 g/mol. The molecule has 0 saturated heterocycles. The molecule has 1 amide bonds. The minimum Gasteiger partial charge on any atom is -0.382 e. The molecule has 1 fully saturated rings. The molecular formula is C14H20FN3O. The number of carbonyl (C=O) groups is 1. The van der Waals surface area contributed by atoms with Gasteiger partial charge < -0.3 is 16.4 Å². The van der Waals surface area contributed by atoms with E-state index in [1.165, 1.54) is 12.1 Å². The molecule has 1 aliphatic carbocycles. The van der Waals surface area contributed by atoms with Crippen molar-refractivity contribution < 1.29 is 9.18 Å². The van der Waals surface area contributed by atoms with E-state index in [9.17, 15) is 9.18 Å². The van der Waals surface area contributed by atoms with Gasteiger partial charge in [0.05, 0.1) is 5.56 Å². The number of hydrogen-bond acceptors (Lipinski definition) is 3. The third kappa shape index (κ3) is 3.44. The van der Waals surface area contributed by atoms with Crippen molar-refractivity contribution >= 4 is 11.6 Å². The Morgan fingerprint density at radius 2 is 1.89 bits per heavy atom. The Hall–Kier alpha value is -1.62. The van der Waals surface area contributed by atoms with Crippen molar-refractivity contribution in [3.05, 3.63) is 29.6 Å². The molecule has 1 saturated carbocycles. The molecule has 5 heteroatoms. The topological polar surface area (TPSA) is 67.2 Å². The number of amides is 1. The molecule has 0 unspecified atom stereocenters. The largest absolute Gasteiger partial charge is 0.382 e.